The summed E-state index contributed by atoms with van der Waals surface area (Å²) in [5, 5.41) is 11.8. The monoisotopic (exact) mass is 164 g/mol. The van der Waals surface area contributed by atoms with Gasteiger partial charge in [0.05, 0.1) is 0 Å². The van der Waals surface area contributed by atoms with Crippen LogP contribution >= 0.6 is 0 Å². The zero-order valence-corrected chi connectivity index (χ0v) is 6.53. The molecule has 0 saturated carbocycles. The lowest BCUT2D eigenvalue weighted by Crippen LogP contribution is -1.93. The van der Waals surface area contributed by atoms with Gasteiger partial charge in [-0.15, -0.1) is 0 Å². The van der Waals surface area contributed by atoms with Crippen LogP contribution in [-0.2, 0) is 4.79 Å². The Bertz CT molecular complexity index is 330. The summed E-state index contributed by atoms with van der Waals surface area (Å²) >= 11 is 0. The third-order valence-electron chi connectivity index (χ3n) is 1.39. The van der Waals surface area contributed by atoms with E-state index in [9.17, 15) is 4.79 Å². The average Bonchev–Trinajstić information content (AvgIpc) is 2.17. The normalized spacial score (nSPS) is 8.75. The number of pyridine rings is 1. The number of aliphatic hydroxyl groups excluding tert-OH is 1. The predicted octanol–water partition coefficient (Wildman–Crippen LogP) is 0.854. The fourth-order valence-corrected chi connectivity index (χ4v) is 0.773. The van der Waals surface area contributed by atoms with Crippen molar-refractivity contribution in [1.82, 2.24) is 4.98 Å². The highest BCUT2D eigenvalue weighted by Gasteiger charge is 1.99. The largest absolute Gasteiger partial charge is 0.499 e. The van der Waals surface area contributed by atoms with Gasteiger partial charge in [-0.2, -0.15) is 0 Å². The van der Waals surface area contributed by atoms with Crippen LogP contribution in [0.3, 0.4) is 0 Å². The Balaban J connectivity index is 3.10. The third kappa shape index (κ3) is 1.62. The first-order valence-electron chi connectivity index (χ1n) is 3.36. The number of rotatable bonds is 2. The molecular formula is C8H8N2O2. The maximum Gasteiger partial charge on any atom is 0.208 e. The maximum atomic E-state index is 10.1. The van der Waals surface area contributed by atoms with Crippen molar-refractivity contribution in [1.29, 1.82) is 0 Å². The Hall–Kier alpha value is -1.80. The van der Waals surface area contributed by atoms with Crippen LogP contribution < -0.4 is 5.32 Å². The molecule has 0 spiro atoms. The van der Waals surface area contributed by atoms with Crippen LogP contribution in [-0.4, -0.2) is 23.1 Å². The van der Waals surface area contributed by atoms with E-state index in [0.29, 0.717) is 11.4 Å². The van der Waals surface area contributed by atoms with Crippen molar-refractivity contribution in [3.8, 4) is 0 Å². The number of nitrogens with one attached hydrogen (secondary N) is 1. The first-order chi connectivity index (χ1) is 5.77. The molecule has 0 aromatic carbocycles. The highest BCUT2D eigenvalue weighted by molar-refractivity contribution is 5.82. The zero-order chi connectivity index (χ0) is 8.97. The summed E-state index contributed by atoms with van der Waals surface area (Å²) in [6, 6.07) is 3.08. The number of hydrogen-bond donors (Lipinski definition) is 2. The van der Waals surface area contributed by atoms with Crippen LogP contribution in [0.4, 0.5) is 5.82 Å². The van der Waals surface area contributed by atoms with E-state index >= 15 is 0 Å². The van der Waals surface area contributed by atoms with Gasteiger partial charge in [0.15, 0.2) is 5.94 Å². The summed E-state index contributed by atoms with van der Waals surface area (Å²) in [6.45, 7) is 0. The van der Waals surface area contributed by atoms with Crippen molar-refractivity contribution in [2.24, 2.45) is 0 Å². The number of hydrogen-bond acceptors (Lipinski definition) is 4. The van der Waals surface area contributed by atoms with E-state index in [0.717, 1.165) is 0 Å². The van der Waals surface area contributed by atoms with Gasteiger partial charge in [0, 0.05) is 18.8 Å². The molecule has 0 fully saturated rings. The fourth-order valence-electron chi connectivity index (χ4n) is 0.773. The molecule has 1 heterocycles. The molecule has 1 aromatic rings. The molecule has 2 N–H and O–H groups in total. The van der Waals surface area contributed by atoms with E-state index in [1.54, 1.807) is 13.1 Å². The van der Waals surface area contributed by atoms with Gasteiger partial charge in [0.25, 0.3) is 0 Å². The van der Waals surface area contributed by atoms with Crippen LogP contribution in [0.2, 0.25) is 0 Å². The Morgan fingerprint density at radius 1 is 1.75 bits per heavy atom. The molecule has 0 aliphatic heterocycles. The number of anilines is 1. The van der Waals surface area contributed by atoms with E-state index in [2.05, 4.69) is 10.3 Å². The van der Waals surface area contributed by atoms with Gasteiger partial charge in [-0.25, -0.2) is 9.78 Å². The van der Waals surface area contributed by atoms with Gasteiger partial charge in [-0.3, -0.25) is 0 Å². The van der Waals surface area contributed by atoms with Gasteiger partial charge < -0.3 is 10.4 Å². The Labute approximate surface area is 69.6 Å². The van der Waals surface area contributed by atoms with Crippen molar-refractivity contribution in [2.45, 2.75) is 0 Å². The number of aromatic nitrogens is 1. The fraction of sp³-hybridized carbons (Fsp3) is 0.125. The molecule has 0 atom stereocenters. The minimum absolute atomic E-state index is 0.407. The number of aliphatic hydroxyl groups is 1. The summed E-state index contributed by atoms with van der Waals surface area (Å²) < 4.78 is 0. The first-order valence-corrected chi connectivity index (χ1v) is 3.36. The van der Waals surface area contributed by atoms with Crippen molar-refractivity contribution in [3.05, 3.63) is 23.9 Å². The molecule has 0 aliphatic rings. The molecule has 4 nitrogen and oxygen atoms in total. The molecular weight excluding hydrogens is 156 g/mol. The SMILES string of the molecule is CNc1cc(C(O)=C=O)ccn1. The minimum atomic E-state index is -0.408. The van der Waals surface area contributed by atoms with Crippen molar-refractivity contribution < 1.29 is 9.90 Å². The second kappa shape index (κ2) is 3.55. The van der Waals surface area contributed by atoms with Gasteiger partial charge in [0.1, 0.15) is 5.82 Å². The summed E-state index contributed by atoms with van der Waals surface area (Å²) in [5.41, 5.74) is 0.407. The molecule has 62 valence electrons. The standard InChI is InChI=1S/C8H8N2O2/c1-9-8-4-6(2-3-10-8)7(12)5-11/h2-4,12H,1H3,(H,9,10). The Morgan fingerprint density at radius 3 is 3.08 bits per heavy atom. The molecule has 0 amide bonds. The van der Waals surface area contributed by atoms with Gasteiger partial charge in [-0.1, -0.05) is 0 Å². The first kappa shape index (κ1) is 8.30. The van der Waals surface area contributed by atoms with E-state index < -0.39 is 5.76 Å². The van der Waals surface area contributed by atoms with E-state index in [-0.39, 0.29) is 0 Å². The minimum Gasteiger partial charge on any atom is -0.499 e. The van der Waals surface area contributed by atoms with Gasteiger partial charge in [-0.05, 0) is 12.1 Å². The van der Waals surface area contributed by atoms with Crippen LogP contribution in [0.5, 0.6) is 0 Å². The molecule has 12 heavy (non-hydrogen) atoms. The molecule has 0 bridgehead atoms. The topological polar surface area (TPSA) is 62.2 Å². The van der Waals surface area contributed by atoms with Crippen LogP contribution in [0, 0.1) is 0 Å². The lowest BCUT2D eigenvalue weighted by Gasteiger charge is -1.99. The van der Waals surface area contributed by atoms with Gasteiger partial charge in [0.2, 0.25) is 5.76 Å². The lowest BCUT2D eigenvalue weighted by atomic mass is 10.2. The van der Waals surface area contributed by atoms with E-state index in [4.69, 9.17) is 5.11 Å². The molecule has 0 radical (unpaired) electrons. The molecule has 1 rings (SSSR count). The average molecular weight is 164 g/mol. The Kier molecular flexibility index (Phi) is 2.46. The molecule has 0 unspecified atom stereocenters. The molecule has 0 aliphatic carbocycles. The lowest BCUT2D eigenvalue weighted by molar-refractivity contribution is 0.503. The zero-order valence-electron chi connectivity index (χ0n) is 6.53. The van der Waals surface area contributed by atoms with E-state index in [1.807, 2.05) is 0 Å². The summed E-state index contributed by atoms with van der Waals surface area (Å²) in [5.74, 6) is 1.58. The quantitative estimate of drug-likeness (QED) is 0.502. The maximum absolute atomic E-state index is 10.1. The summed E-state index contributed by atoms with van der Waals surface area (Å²) in [4.78, 5) is 14.0. The van der Waals surface area contributed by atoms with Crippen LogP contribution in [0.15, 0.2) is 18.3 Å². The smallest absolute Gasteiger partial charge is 0.208 e. The summed E-state index contributed by atoms with van der Waals surface area (Å²) in [6.07, 6.45) is 1.49. The predicted molar refractivity (Wildman–Crippen MR) is 45.5 cm³/mol. The van der Waals surface area contributed by atoms with Gasteiger partial charge >= 0.3 is 0 Å². The van der Waals surface area contributed by atoms with Crippen molar-refractivity contribution in [2.75, 3.05) is 12.4 Å². The highest BCUT2D eigenvalue weighted by atomic mass is 16.3. The molecule has 1 aromatic heterocycles. The number of carbonyl (C=O) groups excluding carboxylic acids is 1. The van der Waals surface area contributed by atoms with E-state index in [1.165, 1.54) is 18.2 Å². The van der Waals surface area contributed by atoms with Crippen LogP contribution in [0.25, 0.3) is 5.76 Å². The van der Waals surface area contributed by atoms with Crippen molar-refractivity contribution >= 4 is 17.5 Å². The number of nitrogens with zero attached hydrogens (tertiary/aromatic N) is 1. The second-order valence-electron chi connectivity index (χ2n) is 2.13. The third-order valence-corrected chi connectivity index (χ3v) is 1.39. The van der Waals surface area contributed by atoms with Crippen molar-refractivity contribution in [3.63, 3.8) is 0 Å². The molecule has 0 saturated heterocycles. The summed E-state index contributed by atoms with van der Waals surface area (Å²) in [7, 11) is 1.70. The van der Waals surface area contributed by atoms with Crippen LogP contribution in [0.1, 0.15) is 5.56 Å². The Morgan fingerprint density at radius 2 is 2.50 bits per heavy atom. The second-order valence-corrected chi connectivity index (χ2v) is 2.13. The highest BCUT2D eigenvalue weighted by Crippen LogP contribution is 2.11. The molecule has 4 heteroatoms.